The highest BCUT2D eigenvalue weighted by Gasteiger charge is 2.21. The molecule has 0 bridgehead atoms. The maximum atomic E-state index is 3.80. The molecule has 0 aromatic carbocycles. The predicted octanol–water partition coefficient (Wildman–Crippen LogP) is 3.41. The van der Waals surface area contributed by atoms with Crippen LogP contribution in [0.25, 0.3) is 0 Å². The van der Waals surface area contributed by atoms with Crippen LogP contribution in [0.3, 0.4) is 0 Å². The van der Waals surface area contributed by atoms with E-state index < -0.39 is 0 Å². The van der Waals surface area contributed by atoms with Gasteiger partial charge < -0.3 is 0 Å². The fourth-order valence-electron chi connectivity index (χ4n) is 1.15. The van der Waals surface area contributed by atoms with Gasteiger partial charge in [0, 0.05) is 0 Å². The molecule has 0 aliphatic heterocycles. The van der Waals surface area contributed by atoms with Crippen LogP contribution >= 0.6 is 0 Å². The fourth-order valence-corrected chi connectivity index (χ4v) is 1.15. The quantitative estimate of drug-likeness (QED) is 0.522. The lowest BCUT2D eigenvalue weighted by Gasteiger charge is -2.27. The highest BCUT2D eigenvalue weighted by Crippen LogP contribution is 2.30. The second-order valence-corrected chi connectivity index (χ2v) is 3.28. The minimum absolute atomic E-state index is 0.205. The van der Waals surface area contributed by atoms with Crippen molar-refractivity contribution < 1.29 is 0 Å². The summed E-state index contributed by atoms with van der Waals surface area (Å²) in [6.45, 7) is 14.2. The smallest absolute Gasteiger partial charge is 0.0115 e. The molecule has 0 saturated carbocycles. The van der Waals surface area contributed by atoms with Crippen LogP contribution in [0.1, 0.15) is 27.2 Å². The van der Waals surface area contributed by atoms with E-state index in [0.29, 0.717) is 5.92 Å². The Morgan fingerprint density at radius 3 is 2.00 bits per heavy atom. The Labute approximate surface area is 64.6 Å². The minimum Gasteiger partial charge on any atom is -0.103 e. The van der Waals surface area contributed by atoms with E-state index >= 15 is 0 Å². The van der Waals surface area contributed by atoms with E-state index in [1.165, 1.54) is 0 Å². The standard InChI is InChI=1S/C10H18/c1-6-9(7-2)10(4,5)8-3/h6,8-9H,1,3,7H2,2,4-5H3. The molecule has 0 aliphatic rings. The van der Waals surface area contributed by atoms with Crippen LogP contribution in [0, 0.1) is 11.3 Å². The second kappa shape index (κ2) is 3.60. The van der Waals surface area contributed by atoms with Crippen molar-refractivity contribution in [3.8, 4) is 0 Å². The van der Waals surface area contributed by atoms with Crippen molar-refractivity contribution >= 4 is 0 Å². The van der Waals surface area contributed by atoms with E-state index in [1.54, 1.807) is 0 Å². The lowest BCUT2D eigenvalue weighted by molar-refractivity contribution is 0.335. The zero-order valence-electron chi connectivity index (χ0n) is 7.35. The van der Waals surface area contributed by atoms with Crippen LogP contribution in [0.4, 0.5) is 0 Å². The summed E-state index contributed by atoms with van der Waals surface area (Å²) in [7, 11) is 0. The topological polar surface area (TPSA) is 0 Å². The predicted molar refractivity (Wildman–Crippen MR) is 48.0 cm³/mol. The minimum atomic E-state index is 0.205. The SMILES string of the molecule is C=CC(CC)C(C)(C)C=C. The second-order valence-electron chi connectivity index (χ2n) is 3.28. The lowest BCUT2D eigenvalue weighted by atomic mass is 9.78. The summed E-state index contributed by atoms with van der Waals surface area (Å²) in [6, 6.07) is 0. The number of allylic oxidation sites excluding steroid dienone is 2. The Balaban J connectivity index is 4.24. The molecule has 58 valence electrons. The molecule has 0 aliphatic carbocycles. The molecule has 0 spiro atoms. The van der Waals surface area contributed by atoms with Crippen molar-refractivity contribution in [3.63, 3.8) is 0 Å². The average molecular weight is 138 g/mol. The summed E-state index contributed by atoms with van der Waals surface area (Å²) in [6.07, 6.45) is 5.16. The molecule has 0 amide bonds. The molecular formula is C10H18. The van der Waals surface area contributed by atoms with Gasteiger partial charge in [-0.25, -0.2) is 0 Å². The maximum Gasteiger partial charge on any atom is -0.0115 e. The van der Waals surface area contributed by atoms with E-state index in [2.05, 4.69) is 33.9 Å². The zero-order valence-corrected chi connectivity index (χ0v) is 7.35. The Bertz CT molecular complexity index is 120. The molecule has 1 atom stereocenters. The van der Waals surface area contributed by atoms with E-state index in [4.69, 9.17) is 0 Å². The van der Waals surface area contributed by atoms with Gasteiger partial charge >= 0.3 is 0 Å². The van der Waals surface area contributed by atoms with Gasteiger partial charge in [-0.1, -0.05) is 32.9 Å². The number of hydrogen-bond acceptors (Lipinski definition) is 0. The van der Waals surface area contributed by atoms with Crippen molar-refractivity contribution in [3.05, 3.63) is 25.3 Å². The van der Waals surface area contributed by atoms with Crippen molar-refractivity contribution in [2.45, 2.75) is 27.2 Å². The molecule has 0 aromatic heterocycles. The summed E-state index contributed by atoms with van der Waals surface area (Å²) in [5, 5.41) is 0. The summed E-state index contributed by atoms with van der Waals surface area (Å²) in [4.78, 5) is 0. The summed E-state index contributed by atoms with van der Waals surface area (Å²) >= 11 is 0. The van der Waals surface area contributed by atoms with Crippen molar-refractivity contribution in [1.82, 2.24) is 0 Å². The Kier molecular flexibility index (Phi) is 3.41. The first-order valence-corrected chi connectivity index (χ1v) is 3.84. The largest absolute Gasteiger partial charge is 0.103 e. The average Bonchev–Trinajstić information content (AvgIpc) is 1.90. The van der Waals surface area contributed by atoms with Crippen molar-refractivity contribution in [1.29, 1.82) is 0 Å². The van der Waals surface area contributed by atoms with E-state index in [0.717, 1.165) is 6.42 Å². The van der Waals surface area contributed by atoms with Crippen LogP contribution < -0.4 is 0 Å². The molecule has 0 rings (SSSR count). The van der Waals surface area contributed by atoms with Crippen LogP contribution in [0.2, 0.25) is 0 Å². The highest BCUT2D eigenvalue weighted by atomic mass is 14.3. The maximum absolute atomic E-state index is 3.80. The van der Waals surface area contributed by atoms with Crippen LogP contribution in [0.15, 0.2) is 25.3 Å². The van der Waals surface area contributed by atoms with Gasteiger partial charge in [0.25, 0.3) is 0 Å². The van der Waals surface area contributed by atoms with E-state index in [9.17, 15) is 0 Å². The monoisotopic (exact) mass is 138 g/mol. The lowest BCUT2D eigenvalue weighted by Crippen LogP contribution is -2.18. The van der Waals surface area contributed by atoms with Gasteiger partial charge in [-0.2, -0.15) is 0 Å². The van der Waals surface area contributed by atoms with E-state index in [-0.39, 0.29) is 5.41 Å². The van der Waals surface area contributed by atoms with Gasteiger partial charge in [-0.3, -0.25) is 0 Å². The molecule has 10 heavy (non-hydrogen) atoms. The molecular weight excluding hydrogens is 120 g/mol. The first-order valence-electron chi connectivity index (χ1n) is 3.84. The first-order chi connectivity index (χ1) is 4.58. The molecule has 0 fully saturated rings. The van der Waals surface area contributed by atoms with Gasteiger partial charge in [-0.15, -0.1) is 13.2 Å². The molecule has 0 saturated heterocycles. The Morgan fingerprint density at radius 2 is 1.90 bits per heavy atom. The van der Waals surface area contributed by atoms with Crippen LogP contribution in [0.5, 0.6) is 0 Å². The fraction of sp³-hybridized carbons (Fsp3) is 0.600. The van der Waals surface area contributed by atoms with Gasteiger partial charge in [0.15, 0.2) is 0 Å². The molecule has 0 N–H and O–H groups in total. The number of rotatable bonds is 4. The highest BCUT2D eigenvalue weighted by molar-refractivity contribution is 4.98. The van der Waals surface area contributed by atoms with E-state index in [1.807, 2.05) is 12.2 Å². The normalized spacial score (nSPS) is 14.3. The van der Waals surface area contributed by atoms with Gasteiger partial charge in [-0.05, 0) is 17.8 Å². The van der Waals surface area contributed by atoms with Gasteiger partial charge in [0.1, 0.15) is 0 Å². The third-order valence-corrected chi connectivity index (χ3v) is 2.21. The Hall–Kier alpha value is -0.520. The summed E-state index contributed by atoms with van der Waals surface area (Å²) < 4.78 is 0. The molecule has 1 unspecified atom stereocenters. The third kappa shape index (κ3) is 2.02. The van der Waals surface area contributed by atoms with Crippen molar-refractivity contribution in [2.75, 3.05) is 0 Å². The molecule has 0 aromatic rings. The zero-order chi connectivity index (χ0) is 8.20. The van der Waals surface area contributed by atoms with Crippen molar-refractivity contribution in [2.24, 2.45) is 11.3 Å². The number of hydrogen-bond donors (Lipinski definition) is 0. The summed E-state index contributed by atoms with van der Waals surface area (Å²) in [5.41, 5.74) is 0.205. The van der Waals surface area contributed by atoms with Gasteiger partial charge in [0.05, 0.1) is 0 Å². The van der Waals surface area contributed by atoms with Crippen LogP contribution in [-0.2, 0) is 0 Å². The molecule has 0 nitrogen and oxygen atoms in total. The van der Waals surface area contributed by atoms with Crippen LogP contribution in [-0.4, -0.2) is 0 Å². The van der Waals surface area contributed by atoms with Gasteiger partial charge in [0.2, 0.25) is 0 Å². The molecule has 0 heteroatoms. The Morgan fingerprint density at radius 1 is 1.40 bits per heavy atom. The molecule has 0 radical (unpaired) electrons. The molecule has 0 heterocycles. The summed E-state index contributed by atoms with van der Waals surface area (Å²) in [5.74, 6) is 0.560. The third-order valence-electron chi connectivity index (χ3n) is 2.21. The first kappa shape index (κ1) is 9.48.